The quantitative estimate of drug-likeness (QED) is 0.846. The minimum Gasteiger partial charge on any atom is -0.478 e. The van der Waals surface area contributed by atoms with Gasteiger partial charge in [0.25, 0.3) is 0 Å². The highest BCUT2D eigenvalue weighted by molar-refractivity contribution is 7.92. The van der Waals surface area contributed by atoms with Crippen molar-refractivity contribution in [3.8, 4) is 0 Å². The van der Waals surface area contributed by atoms with E-state index in [4.69, 9.17) is 16.7 Å². The summed E-state index contributed by atoms with van der Waals surface area (Å²) >= 11 is 5.78. The van der Waals surface area contributed by atoms with E-state index in [2.05, 4.69) is 4.72 Å². The summed E-state index contributed by atoms with van der Waals surface area (Å²) in [4.78, 5) is 11.1. The Morgan fingerprint density at radius 3 is 2.68 bits per heavy atom. The fraction of sp³-hybridized carbons (Fsp3) is 0.417. The highest BCUT2D eigenvalue weighted by Gasteiger charge is 2.25. The lowest BCUT2D eigenvalue weighted by Crippen LogP contribution is -2.19. The first-order chi connectivity index (χ1) is 8.89. The molecule has 0 radical (unpaired) electrons. The van der Waals surface area contributed by atoms with Crippen molar-refractivity contribution in [1.82, 2.24) is 0 Å². The predicted molar refractivity (Wildman–Crippen MR) is 73.2 cm³/mol. The Kier molecular flexibility index (Phi) is 4.01. The molecule has 1 fully saturated rings. The Morgan fingerprint density at radius 1 is 1.42 bits per heavy atom. The largest absolute Gasteiger partial charge is 0.478 e. The number of sulfonamides is 1. The molecule has 19 heavy (non-hydrogen) atoms. The van der Waals surface area contributed by atoms with E-state index in [1.54, 1.807) is 0 Å². The van der Waals surface area contributed by atoms with Crippen LogP contribution in [0.2, 0.25) is 5.02 Å². The van der Waals surface area contributed by atoms with E-state index < -0.39 is 16.0 Å². The molecule has 1 aromatic rings. The van der Waals surface area contributed by atoms with Gasteiger partial charge in [-0.2, -0.15) is 0 Å². The van der Waals surface area contributed by atoms with Crippen LogP contribution in [0.3, 0.4) is 0 Å². The minimum absolute atomic E-state index is 0.00321. The number of nitrogens with one attached hydrogen (secondary N) is 1. The number of carboxylic acid groups (broad SMARTS) is 1. The van der Waals surface area contributed by atoms with E-state index in [1.807, 2.05) is 0 Å². The number of hydrogen-bond donors (Lipinski definition) is 2. The Balaban J connectivity index is 2.17. The maximum atomic E-state index is 11.9. The molecule has 0 unspecified atom stereocenters. The molecule has 5 nitrogen and oxygen atoms in total. The van der Waals surface area contributed by atoms with Gasteiger partial charge in [0.15, 0.2) is 0 Å². The zero-order valence-corrected chi connectivity index (χ0v) is 11.7. The predicted octanol–water partition coefficient (Wildman–Crippen LogP) is 2.58. The van der Waals surface area contributed by atoms with E-state index in [-0.39, 0.29) is 22.0 Å². The maximum Gasteiger partial charge on any atom is 0.339 e. The van der Waals surface area contributed by atoms with Crippen molar-refractivity contribution in [3.05, 3.63) is 28.8 Å². The first-order valence-corrected chi connectivity index (χ1v) is 7.94. The summed E-state index contributed by atoms with van der Waals surface area (Å²) in [5.41, 5.74) is -0.213. The average Bonchev–Trinajstić information content (AvgIpc) is 3.09. The van der Waals surface area contributed by atoms with Crippen molar-refractivity contribution < 1.29 is 18.3 Å². The number of rotatable bonds is 6. The molecule has 0 amide bonds. The standard InChI is InChI=1S/C12H14ClNO4S/c13-9-2-1-3-10(11(9)12(15)16)14-19(17,18)7-6-8-4-5-8/h1-3,8,14H,4-7H2,(H,15,16). The topological polar surface area (TPSA) is 83.5 Å². The van der Waals surface area contributed by atoms with Crippen LogP contribution < -0.4 is 4.72 Å². The van der Waals surface area contributed by atoms with Crippen molar-refractivity contribution in [2.45, 2.75) is 19.3 Å². The van der Waals surface area contributed by atoms with Crippen LogP contribution in [0.1, 0.15) is 29.6 Å². The molecule has 0 aliphatic heterocycles. The highest BCUT2D eigenvalue weighted by atomic mass is 35.5. The first kappa shape index (κ1) is 14.1. The molecule has 0 bridgehead atoms. The maximum absolute atomic E-state index is 11.9. The zero-order chi connectivity index (χ0) is 14.0. The molecule has 0 aromatic heterocycles. The van der Waals surface area contributed by atoms with Gasteiger partial charge in [-0.25, -0.2) is 13.2 Å². The van der Waals surface area contributed by atoms with Gasteiger partial charge in [-0.15, -0.1) is 0 Å². The lowest BCUT2D eigenvalue weighted by molar-refractivity contribution is 0.0698. The normalized spacial score (nSPS) is 15.2. The molecule has 1 aliphatic rings. The molecule has 1 aliphatic carbocycles. The van der Waals surface area contributed by atoms with Crippen molar-refractivity contribution in [2.24, 2.45) is 5.92 Å². The van der Waals surface area contributed by atoms with Crippen LogP contribution in [0.15, 0.2) is 18.2 Å². The van der Waals surface area contributed by atoms with Crippen molar-refractivity contribution in [2.75, 3.05) is 10.5 Å². The molecule has 0 heterocycles. The average molecular weight is 304 g/mol. The number of aromatic carboxylic acids is 1. The van der Waals surface area contributed by atoms with E-state index in [0.29, 0.717) is 12.3 Å². The molecule has 1 aromatic carbocycles. The van der Waals surface area contributed by atoms with Crippen molar-refractivity contribution in [1.29, 1.82) is 0 Å². The van der Waals surface area contributed by atoms with Crippen LogP contribution in [-0.4, -0.2) is 25.2 Å². The summed E-state index contributed by atoms with van der Waals surface area (Å²) in [5.74, 6) is -0.760. The van der Waals surface area contributed by atoms with Crippen molar-refractivity contribution >= 4 is 33.3 Å². The number of carbonyl (C=O) groups is 1. The SMILES string of the molecule is O=C(O)c1c(Cl)cccc1NS(=O)(=O)CCC1CC1. The summed E-state index contributed by atoms with van der Waals surface area (Å²) in [6.07, 6.45) is 2.76. The summed E-state index contributed by atoms with van der Waals surface area (Å²) in [7, 11) is -3.53. The molecule has 7 heteroatoms. The molecular formula is C12H14ClNO4S. The Morgan fingerprint density at radius 2 is 2.11 bits per heavy atom. The Labute approximate surface area is 116 Å². The second kappa shape index (κ2) is 5.38. The molecule has 104 valence electrons. The molecule has 2 rings (SSSR count). The van der Waals surface area contributed by atoms with Gasteiger partial charge in [0.2, 0.25) is 10.0 Å². The third kappa shape index (κ3) is 3.84. The van der Waals surface area contributed by atoms with Gasteiger partial charge in [-0.05, 0) is 24.5 Å². The van der Waals surface area contributed by atoms with Gasteiger partial charge < -0.3 is 5.11 Å². The lowest BCUT2D eigenvalue weighted by atomic mass is 10.2. The number of hydrogen-bond acceptors (Lipinski definition) is 3. The molecule has 0 saturated heterocycles. The minimum atomic E-state index is -3.53. The van der Waals surface area contributed by atoms with Crippen molar-refractivity contribution in [3.63, 3.8) is 0 Å². The highest BCUT2D eigenvalue weighted by Crippen LogP contribution is 2.33. The van der Waals surface area contributed by atoms with E-state index >= 15 is 0 Å². The van der Waals surface area contributed by atoms with Gasteiger partial charge in [-0.3, -0.25) is 4.72 Å². The van der Waals surface area contributed by atoms with Gasteiger partial charge in [0, 0.05) is 0 Å². The van der Waals surface area contributed by atoms with E-state index in [1.165, 1.54) is 18.2 Å². The van der Waals surface area contributed by atoms with Crippen LogP contribution in [0.25, 0.3) is 0 Å². The Bertz CT molecular complexity index is 596. The van der Waals surface area contributed by atoms with Gasteiger partial charge in [-0.1, -0.05) is 30.5 Å². The fourth-order valence-corrected chi connectivity index (χ4v) is 3.28. The van der Waals surface area contributed by atoms with Gasteiger partial charge in [0.1, 0.15) is 5.56 Å². The van der Waals surface area contributed by atoms with Crippen LogP contribution in [-0.2, 0) is 10.0 Å². The van der Waals surface area contributed by atoms with Crippen LogP contribution in [0.4, 0.5) is 5.69 Å². The lowest BCUT2D eigenvalue weighted by Gasteiger charge is -2.11. The molecule has 2 N–H and O–H groups in total. The third-order valence-electron chi connectivity index (χ3n) is 2.98. The number of carboxylic acids is 1. The molecule has 0 spiro atoms. The first-order valence-electron chi connectivity index (χ1n) is 5.91. The Hall–Kier alpha value is -1.27. The second-order valence-corrected chi connectivity index (χ2v) is 6.87. The smallest absolute Gasteiger partial charge is 0.339 e. The molecule has 0 atom stereocenters. The summed E-state index contributed by atoms with van der Waals surface area (Å²) < 4.78 is 26.0. The summed E-state index contributed by atoms with van der Waals surface area (Å²) in [6.45, 7) is 0. The second-order valence-electron chi connectivity index (χ2n) is 4.62. The number of anilines is 1. The van der Waals surface area contributed by atoms with E-state index in [9.17, 15) is 13.2 Å². The third-order valence-corrected chi connectivity index (χ3v) is 4.60. The van der Waals surface area contributed by atoms with Gasteiger partial charge >= 0.3 is 5.97 Å². The monoisotopic (exact) mass is 303 g/mol. The molecular weight excluding hydrogens is 290 g/mol. The summed E-state index contributed by atoms with van der Waals surface area (Å²) in [5, 5.41) is 9.06. The molecule has 1 saturated carbocycles. The van der Waals surface area contributed by atoms with E-state index in [0.717, 1.165) is 12.8 Å². The fourth-order valence-electron chi connectivity index (χ4n) is 1.77. The number of benzene rings is 1. The zero-order valence-electron chi connectivity index (χ0n) is 10.1. The van der Waals surface area contributed by atoms with Crippen LogP contribution >= 0.6 is 11.6 Å². The van der Waals surface area contributed by atoms with Crippen LogP contribution in [0, 0.1) is 5.92 Å². The number of halogens is 1. The van der Waals surface area contributed by atoms with Gasteiger partial charge in [0.05, 0.1) is 16.5 Å². The van der Waals surface area contributed by atoms with Crippen LogP contribution in [0.5, 0.6) is 0 Å². The summed E-state index contributed by atoms with van der Waals surface area (Å²) in [6, 6.07) is 4.31.